The van der Waals surface area contributed by atoms with E-state index in [2.05, 4.69) is 4.98 Å². The highest BCUT2D eigenvalue weighted by atomic mass is 16.3. The largest absolute Gasteiger partial charge is 0.390 e. The third-order valence-corrected chi connectivity index (χ3v) is 1.81. The summed E-state index contributed by atoms with van der Waals surface area (Å²) in [6.45, 7) is -0.0863. The van der Waals surface area contributed by atoms with Gasteiger partial charge in [-0.25, -0.2) is 4.98 Å². The molecule has 4 heteroatoms. The number of imidazole rings is 1. The normalized spacial score (nSPS) is 10.8. The van der Waals surface area contributed by atoms with Gasteiger partial charge in [0.05, 0.1) is 12.3 Å². The smallest absolute Gasteiger partial charge is 0.148 e. The Bertz CT molecular complexity index is 408. The predicted molar refractivity (Wildman–Crippen MR) is 45.5 cm³/mol. The molecule has 2 aromatic rings. The van der Waals surface area contributed by atoms with E-state index in [4.69, 9.17) is 10.8 Å². The lowest BCUT2D eigenvalue weighted by Crippen LogP contribution is -1.95. The average molecular weight is 163 g/mol. The lowest BCUT2D eigenvalue weighted by molar-refractivity contribution is 0.276. The zero-order valence-corrected chi connectivity index (χ0v) is 6.44. The Labute approximate surface area is 69.3 Å². The first-order chi connectivity index (χ1) is 5.83. The zero-order chi connectivity index (χ0) is 8.55. The molecule has 0 spiro atoms. The van der Waals surface area contributed by atoms with E-state index in [-0.39, 0.29) is 6.61 Å². The highest BCUT2D eigenvalue weighted by molar-refractivity contribution is 5.51. The van der Waals surface area contributed by atoms with E-state index < -0.39 is 0 Å². The number of nitrogen functional groups attached to an aromatic ring is 1. The molecule has 62 valence electrons. The molecule has 3 N–H and O–H groups in total. The lowest BCUT2D eigenvalue weighted by atomic mass is 10.4. The van der Waals surface area contributed by atoms with Crippen LogP contribution in [0.1, 0.15) is 5.69 Å². The summed E-state index contributed by atoms with van der Waals surface area (Å²) in [6, 6.07) is 5.59. The number of hydrogen-bond donors (Lipinski definition) is 2. The Morgan fingerprint density at radius 3 is 3.08 bits per heavy atom. The quantitative estimate of drug-likeness (QED) is 0.640. The fourth-order valence-corrected chi connectivity index (χ4v) is 1.22. The first-order valence-corrected chi connectivity index (χ1v) is 3.65. The van der Waals surface area contributed by atoms with Crippen LogP contribution in [0.5, 0.6) is 0 Å². The maximum absolute atomic E-state index is 8.96. The maximum Gasteiger partial charge on any atom is 0.148 e. The van der Waals surface area contributed by atoms with Gasteiger partial charge in [0, 0.05) is 6.20 Å². The van der Waals surface area contributed by atoms with Gasteiger partial charge in [-0.15, -0.1) is 0 Å². The predicted octanol–water partition coefficient (Wildman–Crippen LogP) is 0.409. The molecule has 2 heterocycles. The van der Waals surface area contributed by atoms with Crippen molar-refractivity contribution < 1.29 is 5.11 Å². The van der Waals surface area contributed by atoms with E-state index in [1.165, 1.54) is 0 Å². The number of nitrogens with zero attached hydrogens (tertiary/aromatic N) is 2. The first-order valence-electron chi connectivity index (χ1n) is 3.65. The summed E-state index contributed by atoms with van der Waals surface area (Å²) >= 11 is 0. The molecule has 0 fully saturated rings. The van der Waals surface area contributed by atoms with Crippen molar-refractivity contribution in [1.29, 1.82) is 0 Å². The summed E-state index contributed by atoms with van der Waals surface area (Å²) in [5, 5.41) is 8.96. The lowest BCUT2D eigenvalue weighted by Gasteiger charge is -1.95. The Balaban J connectivity index is 2.81. The van der Waals surface area contributed by atoms with E-state index >= 15 is 0 Å². The van der Waals surface area contributed by atoms with Crippen LogP contribution >= 0.6 is 0 Å². The number of aliphatic hydroxyl groups is 1. The topological polar surface area (TPSA) is 63.5 Å². The van der Waals surface area contributed by atoms with Gasteiger partial charge < -0.3 is 10.8 Å². The van der Waals surface area contributed by atoms with Crippen LogP contribution in [0.3, 0.4) is 0 Å². The molecule has 2 aromatic heterocycles. The molecule has 0 saturated carbocycles. The number of rotatable bonds is 1. The van der Waals surface area contributed by atoms with Crippen molar-refractivity contribution in [3.8, 4) is 0 Å². The molecule has 0 atom stereocenters. The number of pyridine rings is 1. The van der Waals surface area contributed by atoms with Gasteiger partial charge in [-0.3, -0.25) is 4.40 Å². The minimum absolute atomic E-state index is 0.0863. The number of aromatic nitrogens is 2. The molecular weight excluding hydrogens is 154 g/mol. The SMILES string of the molecule is Nc1nc2ccccn2c1CO. The number of fused-ring (bicyclic) bond motifs is 1. The second-order valence-corrected chi connectivity index (χ2v) is 2.53. The minimum Gasteiger partial charge on any atom is -0.390 e. The molecule has 0 unspecified atom stereocenters. The van der Waals surface area contributed by atoms with Gasteiger partial charge in [0.25, 0.3) is 0 Å². The molecule has 0 radical (unpaired) electrons. The molecule has 0 aliphatic rings. The van der Waals surface area contributed by atoms with Crippen molar-refractivity contribution in [3.63, 3.8) is 0 Å². The summed E-state index contributed by atoms with van der Waals surface area (Å²) in [6.07, 6.45) is 1.82. The maximum atomic E-state index is 8.96. The van der Waals surface area contributed by atoms with Crippen molar-refractivity contribution in [3.05, 3.63) is 30.1 Å². The summed E-state index contributed by atoms with van der Waals surface area (Å²) < 4.78 is 1.77. The standard InChI is InChI=1S/C8H9N3O/c9-8-6(5-12)11-4-2-1-3-7(11)10-8/h1-4,12H,5,9H2. The van der Waals surface area contributed by atoms with Crippen molar-refractivity contribution in [1.82, 2.24) is 9.38 Å². The molecule has 0 aromatic carbocycles. The van der Waals surface area contributed by atoms with E-state index in [9.17, 15) is 0 Å². The zero-order valence-electron chi connectivity index (χ0n) is 6.44. The fourth-order valence-electron chi connectivity index (χ4n) is 1.22. The minimum atomic E-state index is -0.0863. The van der Waals surface area contributed by atoms with Gasteiger partial charge >= 0.3 is 0 Å². The third-order valence-electron chi connectivity index (χ3n) is 1.81. The van der Waals surface area contributed by atoms with Gasteiger partial charge in [0.1, 0.15) is 11.5 Å². The van der Waals surface area contributed by atoms with E-state index in [0.29, 0.717) is 11.5 Å². The van der Waals surface area contributed by atoms with Crippen molar-refractivity contribution in [2.24, 2.45) is 0 Å². The summed E-state index contributed by atoms with van der Waals surface area (Å²) in [7, 11) is 0. The summed E-state index contributed by atoms with van der Waals surface area (Å²) in [4.78, 5) is 4.06. The molecule has 12 heavy (non-hydrogen) atoms. The van der Waals surface area contributed by atoms with Crippen LogP contribution in [0.15, 0.2) is 24.4 Å². The van der Waals surface area contributed by atoms with Gasteiger partial charge in [0.15, 0.2) is 0 Å². The van der Waals surface area contributed by atoms with Crippen LogP contribution < -0.4 is 5.73 Å². The van der Waals surface area contributed by atoms with Crippen LogP contribution in [0, 0.1) is 0 Å². The van der Waals surface area contributed by atoms with Crippen molar-refractivity contribution >= 4 is 11.5 Å². The van der Waals surface area contributed by atoms with E-state index in [1.807, 2.05) is 24.4 Å². The second-order valence-electron chi connectivity index (χ2n) is 2.53. The molecular formula is C8H9N3O. The number of anilines is 1. The monoisotopic (exact) mass is 163 g/mol. The Morgan fingerprint density at radius 1 is 1.50 bits per heavy atom. The van der Waals surface area contributed by atoms with Gasteiger partial charge in [-0.2, -0.15) is 0 Å². The highest BCUT2D eigenvalue weighted by Crippen LogP contribution is 2.13. The highest BCUT2D eigenvalue weighted by Gasteiger charge is 2.05. The first kappa shape index (κ1) is 7.12. The second kappa shape index (κ2) is 2.49. The molecule has 0 amide bonds. The number of aliphatic hydroxyl groups excluding tert-OH is 1. The Morgan fingerprint density at radius 2 is 2.33 bits per heavy atom. The molecule has 0 bridgehead atoms. The van der Waals surface area contributed by atoms with Crippen LogP contribution in [-0.2, 0) is 6.61 Å². The average Bonchev–Trinajstić information content (AvgIpc) is 2.40. The molecule has 4 nitrogen and oxygen atoms in total. The summed E-state index contributed by atoms with van der Waals surface area (Å²) in [5.74, 6) is 0.392. The van der Waals surface area contributed by atoms with Crippen LogP contribution in [0.2, 0.25) is 0 Å². The Kier molecular flexibility index (Phi) is 1.48. The summed E-state index contributed by atoms with van der Waals surface area (Å²) in [5.41, 5.74) is 6.98. The van der Waals surface area contributed by atoms with Gasteiger partial charge in [-0.05, 0) is 12.1 Å². The molecule has 0 aliphatic carbocycles. The van der Waals surface area contributed by atoms with Gasteiger partial charge in [0.2, 0.25) is 0 Å². The van der Waals surface area contributed by atoms with Crippen LogP contribution in [0.4, 0.5) is 5.82 Å². The molecule has 0 aliphatic heterocycles. The van der Waals surface area contributed by atoms with E-state index in [1.54, 1.807) is 4.40 Å². The van der Waals surface area contributed by atoms with E-state index in [0.717, 1.165) is 5.65 Å². The fraction of sp³-hybridized carbons (Fsp3) is 0.125. The van der Waals surface area contributed by atoms with Crippen molar-refractivity contribution in [2.75, 3.05) is 5.73 Å². The van der Waals surface area contributed by atoms with Crippen molar-refractivity contribution in [2.45, 2.75) is 6.61 Å². The molecule has 0 saturated heterocycles. The van der Waals surface area contributed by atoms with Gasteiger partial charge in [-0.1, -0.05) is 6.07 Å². The number of hydrogen-bond acceptors (Lipinski definition) is 3. The molecule has 2 rings (SSSR count). The third kappa shape index (κ3) is 0.853. The van der Waals surface area contributed by atoms with Crippen LogP contribution in [0.25, 0.3) is 5.65 Å². The van der Waals surface area contributed by atoms with Crippen LogP contribution in [-0.4, -0.2) is 14.5 Å². The Hall–Kier alpha value is -1.55. The number of nitrogens with two attached hydrogens (primary N) is 1.